The standard InChI is InChI=1S/C12H12ClNOS2/c1-7-6-16-12(14-7)17-9-3-4-10(8(2)15)11(13)5-9/h3-6,8,15H,1-2H3. The molecule has 2 nitrogen and oxygen atoms in total. The van der Waals surface area contributed by atoms with Crippen molar-refractivity contribution >= 4 is 34.7 Å². The second kappa shape index (κ2) is 5.40. The second-order valence-corrected chi connectivity index (χ2v) is 6.30. The smallest absolute Gasteiger partial charge is 0.154 e. The highest BCUT2D eigenvalue weighted by Crippen LogP contribution is 2.34. The number of rotatable bonds is 3. The van der Waals surface area contributed by atoms with Gasteiger partial charge in [-0.3, -0.25) is 0 Å². The minimum Gasteiger partial charge on any atom is -0.389 e. The summed E-state index contributed by atoms with van der Waals surface area (Å²) in [5.41, 5.74) is 1.79. The average molecular weight is 286 g/mol. The van der Waals surface area contributed by atoms with Gasteiger partial charge in [-0.25, -0.2) is 4.98 Å². The summed E-state index contributed by atoms with van der Waals surface area (Å²) in [5.74, 6) is 0. The number of benzene rings is 1. The normalized spacial score (nSPS) is 12.7. The first-order valence-corrected chi connectivity index (χ1v) is 7.21. The van der Waals surface area contributed by atoms with Gasteiger partial charge in [0.25, 0.3) is 0 Å². The third-order valence-electron chi connectivity index (χ3n) is 2.23. The minimum atomic E-state index is -0.538. The van der Waals surface area contributed by atoms with Gasteiger partial charge in [-0.15, -0.1) is 11.3 Å². The number of halogens is 1. The van der Waals surface area contributed by atoms with Gasteiger partial charge in [0.05, 0.1) is 6.10 Å². The first-order chi connectivity index (χ1) is 8.06. The molecule has 17 heavy (non-hydrogen) atoms. The Morgan fingerprint density at radius 2 is 2.24 bits per heavy atom. The molecule has 1 aromatic carbocycles. The minimum absolute atomic E-state index is 0.538. The summed E-state index contributed by atoms with van der Waals surface area (Å²) in [4.78, 5) is 5.42. The van der Waals surface area contributed by atoms with Gasteiger partial charge in [0.15, 0.2) is 4.34 Å². The first-order valence-electron chi connectivity index (χ1n) is 5.14. The van der Waals surface area contributed by atoms with Crippen molar-refractivity contribution in [1.82, 2.24) is 4.98 Å². The van der Waals surface area contributed by atoms with Crippen molar-refractivity contribution in [2.75, 3.05) is 0 Å². The van der Waals surface area contributed by atoms with Crippen LogP contribution in [-0.4, -0.2) is 10.1 Å². The van der Waals surface area contributed by atoms with E-state index >= 15 is 0 Å². The molecule has 0 fully saturated rings. The van der Waals surface area contributed by atoms with Crippen LogP contribution < -0.4 is 0 Å². The molecule has 1 N–H and O–H groups in total. The summed E-state index contributed by atoms with van der Waals surface area (Å²) < 4.78 is 1.00. The van der Waals surface area contributed by atoms with Crippen LogP contribution in [0.3, 0.4) is 0 Å². The number of hydrogen-bond acceptors (Lipinski definition) is 4. The van der Waals surface area contributed by atoms with Crippen molar-refractivity contribution in [3.05, 3.63) is 39.9 Å². The lowest BCUT2D eigenvalue weighted by Crippen LogP contribution is -1.91. The van der Waals surface area contributed by atoms with Crippen LogP contribution in [0.1, 0.15) is 24.3 Å². The molecule has 1 aromatic heterocycles. The molecule has 0 amide bonds. The number of aliphatic hydroxyl groups is 1. The monoisotopic (exact) mass is 285 g/mol. The number of aliphatic hydroxyl groups excluding tert-OH is 1. The molecule has 2 aromatic rings. The fourth-order valence-electron chi connectivity index (χ4n) is 1.39. The lowest BCUT2D eigenvalue weighted by molar-refractivity contribution is 0.199. The number of nitrogens with zero attached hydrogens (tertiary/aromatic N) is 1. The van der Waals surface area contributed by atoms with Crippen molar-refractivity contribution in [3.63, 3.8) is 0 Å². The summed E-state index contributed by atoms with van der Waals surface area (Å²) in [7, 11) is 0. The highest BCUT2D eigenvalue weighted by Gasteiger charge is 2.08. The fraction of sp³-hybridized carbons (Fsp3) is 0.250. The zero-order valence-electron chi connectivity index (χ0n) is 9.48. The molecule has 0 aliphatic rings. The molecule has 0 radical (unpaired) electrons. The van der Waals surface area contributed by atoms with Crippen molar-refractivity contribution in [3.8, 4) is 0 Å². The van der Waals surface area contributed by atoms with Crippen LogP contribution in [0.5, 0.6) is 0 Å². The fourth-order valence-corrected chi connectivity index (χ4v) is 3.64. The van der Waals surface area contributed by atoms with Crippen molar-refractivity contribution in [2.45, 2.75) is 29.2 Å². The summed E-state index contributed by atoms with van der Waals surface area (Å²) in [6.45, 7) is 3.68. The van der Waals surface area contributed by atoms with Crippen LogP contribution in [0, 0.1) is 6.92 Å². The molecule has 1 heterocycles. The molecule has 0 bridgehead atoms. The number of aryl methyl sites for hydroxylation is 1. The maximum absolute atomic E-state index is 9.49. The SMILES string of the molecule is Cc1csc(Sc2ccc(C(C)O)c(Cl)c2)n1. The van der Waals surface area contributed by atoms with E-state index in [2.05, 4.69) is 4.98 Å². The summed E-state index contributed by atoms with van der Waals surface area (Å²) >= 11 is 9.31. The molecule has 0 aliphatic carbocycles. The predicted octanol–water partition coefficient (Wildman–Crippen LogP) is 4.31. The van der Waals surface area contributed by atoms with Crippen molar-refractivity contribution in [2.24, 2.45) is 0 Å². The molecule has 1 unspecified atom stereocenters. The molecule has 0 saturated carbocycles. The molecule has 0 spiro atoms. The average Bonchev–Trinajstić information content (AvgIpc) is 2.63. The van der Waals surface area contributed by atoms with E-state index in [9.17, 15) is 5.11 Å². The number of aromatic nitrogens is 1. The van der Waals surface area contributed by atoms with E-state index in [1.54, 1.807) is 30.0 Å². The van der Waals surface area contributed by atoms with Gasteiger partial charge >= 0.3 is 0 Å². The first kappa shape index (κ1) is 12.9. The summed E-state index contributed by atoms with van der Waals surface area (Å²) in [5, 5.41) is 12.1. The third-order valence-corrected chi connectivity index (χ3v) is 4.60. The molecular weight excluding hydrogens is 274 g/mol. The van der Waals surface area contributed by atoms with E-state index < -0.39 is 6.10 Å². The maximum atomic E-state index is 9.49. The van der Waals surface area contributed by atoms with E-state index in [-0.39, 0.29) is 0 Å². The number of thiazole rings is 1. The van der Waals surface area contributed by atoms with E-state index in [0.717, 1.165) is 20.5 Å². The zero-order valence-corrected chi connectivity index (χ0v) is 11.9. The highest BCUT2D eigenvalue weighted by atomic mass is 35.5. The quantitative estimate of drug-likeness (QED) is 0.912. The predicted molar refractivity (Wildman–Crippen MR) is 73.1 cm³/mol. The van der Waals surface area contributed by atoms with Gasteiger partial charge in [0.1, 0.15) is 0 Å². The van der Waals surface area contributed by atoms with E-state index in [0.29, 0.717) is 5.02 Å². The van der Waals surface area contributed by atoms with Gasteiger partial charge in [-0.2, -0.15) is 0 Å². The molecular formula is C12H12ClNOS2. The Morgan fingerprint density at radius 1 is 1.47 bits per heavy atom. The van der Waals surface area contributed by atoms with E-state index in [4.69, 9.17) is 11.6 Å². The summed E-state index contributed by atoms with van der Waals surface area (Å²) in [6, 6.07) is 5.68. The third kappa shape index (κ3) is 3.22. The van der Waals surface area contributed by atoms with E-state index in [1.165, 1.54) is 0 Å². The van der Waals surface area contributed by atoms with Crippen LogP contribution in [0.2, 0.25) is 5.02 Å². The van der Waals surface area contributed by atoms with Crippen LogP contribution in [0.25, 0.3) is 0 Å². The van der Waals surface area contributed by atoms with Gasteiger partial charge in [-0.1, -0.05) is 29.4 Å². The van der Waals surface area contributed by atoms with Crippen LogP contribution >= 0.6 is 34.7 Å². The van der Waals surface area contributed by atoms with Gasteiger partial charge < -0.3 is 5.11 Å². The molecule has 0 aliphatic heterocycles. The van der Waals surface area contributed by atoms with Crippen LogP contribution in [0.4, 0.5) is 0 Å². The topological polar surface area (TPSA) is 33.1 Å². The molecule has 90 valence electrons. The van der Waals surface area contributed by atoms with Crippen LogP contribution in [0.15, 0.2) is 32.8 Å². The Morgan fingerprint density at radius 3 is 2.76 bits per heavy atom. The second-order valence-electron chi connectivity index (χ2n) is 3.72. The Labute approximate surface area is 114 Å². The summed E-state index contributed by atoms with van der Waals surface area (Å²) in [6.07, 6.45) is -0.538. The zero-order chi connectivity index (χ0) is 12.4. The lowest BCUT2D eigenvalue weighted by atomic mass is 10.1. The van der Waals surface area contributed by atoms with Gasteiger partial charge in [0, 0.05) is 21.0 Å². The lowest BCUT2D eigenvalue weighted by Gasteiger charge is -2.08. The maximum Gasteiger partial charge on any atom is 0.154 e. The highest BCUT2D eigenvalue weighted by molar-refractivity contribution is 8.01. The molecule has 2 rings (SSSR count). The Bertz CT molecular complexity index is 525. The van der Waals surface area contributed by atoms with Crippen molar-refractivity contribution in [1.29, 1.82) is 0 Å². The Kier molecular flexibility index (Phi) is 4.09. The van der Waals surface area contributed by atoms with Crippen LogP contribution in [-0.2, 0) is 0 Å². The molecule has 5 heteroatoms. The molecule has 0 saturated heterocycles. The largest absolute Gasteiger partial charge is 0.389 e. The Hall–Kier alpha value is -0.550. The van der Waals surface area contributed by atoms with E-state index in [1.807, 2.05) is 30.5 Å². The molecule has 1 atom stereocenters. The van der Waals surface area contributed by atoms with Crippen molar-refractivity contribution < 1.29 is 5.11 Å². The number of hydrogen-bond donors (Lipinski definition) is 1. The Balaban J connectivity index is 2.20. The van der Waals surface area contributed by atoms with Gasteiger partial charge in [0.2, 0.25) is 0 Å². The van der Waals surface area contributed by atoms with Gasteiger partial charge in [-0.05, 0) is 31.5 Å².